The molecule has 15 heavy (non-hydrogen) atoms. The van der Waals surface area contributed by atoms with Gasteiger partial charge < -0.3 is 4.74 Å². The summed E-state index contributed by atoms with van der Waals surface area (Å²) in [6.07, 6.45) is 0. The fourth-order valence-corrected chi connectivity index (χ4v) is 2.18. The van der Waals surface area contributed by atoms with Crippen molar-refractivity contribution in [3.05, 3.63) is 22.7 Å². The summed E-state index contributed by atoms with van der Waals surface area (Å²) >= 11 is 3.11. The van der Waals surface area contributed by atoms with E-state index in [-0.39, 0.29) is 17.3 Å². The van der Waals surface area contributed by atoms with Crippen molar-refractivity contribution in [2.24, 2.45) is 5.14 Å². The highest BCUT2D eigenvalue weighted by molar-refractivity contribution is 9.10. The van der Waals surface area contributed by atoms with Gasteiger partial charge >= 0.3 is 0 Å². The van der Waals surface area contributed by atoms with Gasteiger partial charge in [0.1, 0.15) is 23.9 Å². The average Bonchev–Trinajstić information content (AvgIpc) is 2.14. The minimum Gasteiger partial charge on any atom is -0.489 e. The van der Waals surface area contributed by atoms with Crippen LogP contribution in [0, 0.1) is 0 Å². The fourth-order valence-electron chi connectivity index (χ4n) is 0.972. The van der Waals surface area contributed by atoms with Crippen LogP contribution in [-0.2, 0) is 10.0 Å². The Labute approximate surface area is 95.4 Å². The molecule has 0 aliphatic heterocycles. The molecule has 2 N–H and O–H groups in total. The second-order valence-electron chi connectivity index (χ2n) is 2.67. The molecule has 0 spiro atoms. The van der Waals surface area contributed by atoms with Crippen LogP contribution in [0.2, 0.25) is 0 Å². The van der Waals surface area contributed by atoms with E-state index in [0.717, 1.165) is 0 Å². The highest BCUT2D eigenvalue weighted by Gasteiger charge is 2.15. The second kappa shape index (κ2) is 4.91. The zero-order chi connectivity index (χ0) is 11.5. The van der Waals surface area contributed by atoms with Crippen LogP contribution in [0.25, 0.3) is 0 Å². The van der Waals surface area contributed by atoms with Gasteiger partial charge in [-0.05, 0) is 18.2 Å². The Morgan fingerprint density at radius 3 is 2.67 bits per heavy atom. The SMILES string of the molecule is NS(=O)(=O)c1cc(Br)ccc1OCCF. The van der Waals surface area contributed by atoms with Crippen molar-refractivity contribution in [3.63, 3.8) is 0 Å². The number of halogens is 2. The van der Waals surface area contributed by atoms with E-state index in [2.05, 4.69) is 15.9 Å². The van der Waals surface area contributed by atoms with Gasteiger partial charge in [0, 0.05) is 4.47 Å². The lowest BCUT2D eigenvalue weighted by atomic mass is 10.3. The zero-order valence-electron chi connectivity index (χ0n) is 7.61. The number of sulfonamides is 1. The van der Waals surface area contributed by atoms with Crippen LogP contribution >= 0.6 is 15.9 Å². The van der Waals surface area contributed by atoms with Crippen LogP contribution in [0.5, 0.6) is 5.75 Å². The molecule has 1 aromatic rings. The average molecular weight is 298 g/mol. The molecule has 0 amide bonds. The summed E-state index contributed by atoms with van der Waals surface area (Å²) in [5, 5.41) is 4.98. The lowest BCUT2D eigenvalue weighted by molar-refractivity contribution is 0.267. The van der Waals surface area contributed by atoms with Crippen LogP contribution in [0.4, 0.5) is 4.39 Å². The highest BCUT2D eigenvalue weighted by Crippen LogP contribution is 2.26. The van der Waals surface area contributed by atoms with Gasteiger partial charge in [0.25, 0.3) is 0 Å². The molecule has 7 heteroatoms. The van der Waals surface area contributed by atoms with Crippen LogP contribution < -0.4 is 9.88 Å². The molecule has 0 saturated carbocycles. The maximum atomic E-state index is 11.9. The lowest BCUT2D eigenvalue weighted by Crippen LogP contribution is -2.14. The number of nitrogens with two attached hydrogens (primary N) is 1. The van der Waals surface area contributed by atoms with Crippen molar-refractivity contribution in [3.8, 4) is 5.75 Å². The van der Waals surface area contributed by atoms with Gasteiger partial charge in [-0.2, -0.15) is 0 Å². The molecule has 0 unspecified atom stereocenters. The van der Waals surface area contributed by atoms with Crippen LogP contribution in [0.3, 0.4) is 0 Å². The molecular formula is C8H9BrFNO3S. The van der Waals surface area contributed by atoms with Crippen molar-refractivity contribution >= 4 is 26.0 Å². The van der Waals surface area contributed by atoms with Crippen molar-refractivity contribution in [1.29, 1.82) is 0 Å². The Kier molecular flexibility index (Phi) is 4.06. The molecule has 0 atom stereocenters. The third-order valence-corrected chi connectivity index (χ3v) is 2.97. The standard InChI is InChI=1S/C8H9BrFNO3S/c9-6-1-2-7(14-4-3-10)8(5-6)15(11,12)13/h1-2,5H,3-4H2,(H2,11,12,13). The van der Waals surface area contributed by atoms with E-state index >= 15 is 0 Å². The normalized spacial score (nSPS) is 11.4. The minimum absolute atomic E-state index is 0.0540. The minimum atomic E-state index is -3.86. The predicted molar refractivity (Wildman–Crippen MR) is 57.0 cm³/mol. The molecule has 84 valence electrons. The Morgan fingerprint density at radius 1 is 1.47 bits per heavy atom. The Bertz CT molecular complexity index is 449. The quantitative estimate of drug-likeness (QED) is 0.914. The molecule has 0 aliphatic carbocycles. The summed E-state index contributed by atoms with van der Waals surface area (Å²) < 4.78 is 39.6. The largest absolute Gasteiger partial charge is 0.489 e. The van der Waals surface area contributed by atoms with Crippen LogP contribution in [0.1, 0.15) is 0 Å². The fraction of sp³-hybridized carbons (Fsp3) is 0.250. The molecule has 4 nitrogen and oxygen atoms in total. The second-order valence-corrected chi connectivity index (χ2v) is 5.12. The highest BCUT2D eigenvalue weighted by atomic mass is 79.9. The number of benzene rings is 1. The first kappa shape index (κ1) is 12.4. The Morgan fingerprint density at radius 2 is 2.13 bits per heavy atom. The number of rotatable bonds is 4. The van der Waals surface area contributed by atoms with Crippen molar-refractivity contribution in [2.45, 2.75) is 4.90 Å². The van der Waals surface area contributed by atoms with E-state index in [9.17, 15) is 12.8 Å². The summed E-state index contributed by atoms with van der Waals surface area (Å²) in [6, 6.07) is 4.31. The summed E-state index contributed by atoms with van der Waals surface area (Å²) in [4.78, 5) is -0.162. The summed E-state index contributed by atoms with van der Waals surface area (Å²) in [7, 11) is -3.86. The zero-order valence-corrected chi connectivity index (χ0v) is 10.0. The summed E-state index contributed by atoms with van der Waals surface area (Å²) in [5.74, 6) is 0.0540. The van der Waals surface area contributed by atoms with Crippen LogP contribution in [-0.4, -0.2) is 21.7 Å². The van der Waals surface area contributed by atoms with Crippen molar-refractivity contribution in [1.82, 2.24) is 0 Å². The van der Waals surface area contributed by atoms with E-state index in [1.165, 1.54) is 12.1 Å². The first-order chi connectivity index (χ1) is 6.95. The number of primary sulfonamides is 1. The number of hydrogen-bond acceptors (Lipinski definition) is 3. The molecule has 1 aromatic carbocycles. The van der Waals surface area contributed by atoms with Crippen molar-refractivity contribution < 1.29 is 17.5 Å². The summed E-state index contributed by atoms with van der Waals surface area (Å²) in [5.41, 5.74) is 0. The van der Waals surface area contributed by atoms with Gasteiger partial charge in [-0.15, -0.1) is 0 Å². The van der Waals surface area contributed by atoms with E-state index in [1.54, 1.807) is 6.07 Å². The van der Waals surface area contributed by atoms with E-state index in [4.69, 9.17) is 9.88 Å². The molecule has 1 rings (SSSR count). The van der Waals surface area contributed by atoms with E-state index in [0.29, 0.717) is 4.47 Å². The number of alkyl halides is 1. The van der Waals surface area contributed by atoms with Gasteiger partial charge in [0.05, 0.1) is 0 Å². The molecule has 0 aliphatic rings. The maximum absolute atomic E-state index is 11.9. The van der Waals surface area contributed by atoms with E-state index < -0.39 is 16.7 Å². The van der Waals surface area contributed by atoms with Gasteiger partial charge in [-0.3, -0.25) is 0 Å². The molecule has 0 bridgehead atoms. The summed E-state index contributed by atoms with van der Waals surface area (Å²) in [6.45, 7) is -0.899. The Balaban J connectivity index is 3.15. The molecule has 0 aromatic heterocycles. The molecule has 0 saturated heterocycles. The lowest BCUT2D eigenvalue weighted by Gasteiger charge is -2.08. The van der Waals surface area contributed by atoms with Gasteiger partial charge in [0.2, 0.25) is 10.0 Å². The molecular weight excluding hydrogens is 289 g/mol. The predicted octanol–water partition coefficient (Wildman–Crippen LogP) is 1.44. The van der Waals surface area contributed by atoms with Crippen molar-refractivity contribution in [2.75, 3.05) is 13.3 Å². The monoisotopic (exact) mass is 297 g/mol. The molecule has 0 radical (unpaired) electrons. The maximum Gasteiger partial charge on any atom is 0.241 e. The van der Waals surface area contributed by atoms with Gasteiger partial charge in [-0.1, -0.05) is 15.9 Å². The van der Waals surface area contributed by atoms with Crippen LogP contribution in [0.15, 0.2) is 27.6 Å². The topological polar surface area (TPSA) is 69.4 Å². The Hall–Kier alpha value is -0.660. The number of hydrogen-bond donors (Lipinski definition) is 1. The molecule has 0 heterocycles. The van der Waals surface area contributed by atoms with Gasteiger partial charge in [-0.25, -0.2) is 17.9 Å². The smallest absolute Gasteiger partial charge is 0.241 e. The third-order valence-electron chi connectivity index (χ3n) is 1.55. The van der Waals surface area contributed by atoms with E-state index in [1.807, 2.05) is 0 Å². The third kappa shape index (κ3) is 3.44. The first-order valence-electron chi connectivity index (χ1n) is 3.96. The first-order valence-corrected chi connectivity index (χ1v) is 6.30. The van der Waals surface area contributed by atoms with Gasteiger partial charge in [0.15, 0.2) is 0 Å². The molecule has 0 fully saturated rings. The number of ether oxygens (including phenoxy) is 1.